The van der Waals surface area contributed by atoms with E-state index in [1.165, 1.54) is 0 Å². The SMILES string of the molecule is COc1ccccc1CCC(=O)Nc1cc(C(N)=O)ccc1N1CCCC1. The number of nitrogens with two attached hydrogens (primary N) is 1. The molecule has 3 rings (SSSR count). The molecule has 0 unspecified atom stereocenters. The van der Waals surface area contributed by atoms with Crippen LogP contribution in [0.15, 0.2) is 42.5 Å². The van der Waals surface area contributed by atoms with Gasteiger partial charge in [-0.3, -0.25) is 9.59 Å². The number of hydrogen-bond donors (Lipinski definition) is 2. The maximum atomic E-state index is 12.5. The topological polar surface area (TPSA) is 84.7 Å². The second kappa shape index (κ2) is 8.58. The summed E-state index contributed by atoms with van der Waals surface area (Å²) in [7, 11) is 1.62. The molecule has 0 bridgehead atoms. The fourth-order valence-corrected chi connectivity index (χ4v) is 3.39. The highest BCUT2D eigenvalue weighted by atomic mass is 16.5. The Morgan fingerprint density at radius 1 is 1.15 bits per heavy atom. The highest BCUT2D eigenvalue weighted by molar-refractivity contribution is 5.99. The molecule has 0 atom stereocenters. The molecular weight excluding hydrogens is 342 g/mol. The van der Waals surface area contributed by atoms with E-state index in [1.54, 1.807) is 19.2 Å². The standard InChI is InChI=1S/C21H25N3O3/c1-27-19-7-3-2-6-15(19)9-11-20(25)23-17-14-16(21(22)26)8-10-18(17)24-12-4-5-13-24/h2-3,6-8,10,14H,4-5,9,11-13H2,1H3,(H2,22,26)(H,23,25). The van der Waals surface area contributed by atoms with E-state index < -0.39 is 5.91 Å². The normalized spacial score (nSPS) is 13.4. The van der Waals surface area contributed by atoms with Crippen molar-refractivity contribution < 1.29 is 14.3 Å². The van der Waals surface area contributed by atoms with E-state index >= 15 is 0 Å². The van der Waals surface area contributed by atoms with E-state index in [0.717, 1.165) is 42.9 Å². The molecule has 2 aromatic rings. The summed E-state index contributed by atoms with van der Waals surface area (Å²) in [6, 6.07) is 12.9. The number of carbonyl (C=O) groups is 2. The van der Waals surface area contributed by atoms with Gasteiger partial charge >= 0.3 is 0 Å². The number of aryl methyl sites for hydroxylation is 1. The third kappa shape index (κ3) is 4.58. The van der Waals surface area contributed by atoms with Gasteiger partial charge in [-0.1, -0.05) is 18.2 Å². The maximum Gasteiger partial charge on any atom is 0.248 e. The Hall–Kier alpha value is -3.02. The fourth-order valence-electron chi connectivity index (χ4n) is 3.39. The predicted octanol–water partition coefficient (Wildman–Crippen LogP) is 2.97. The van der Waals surface area contributed by atoms with Crippen molar-refractivity contribution in [2.45, 2.75) is 25.7 Å². The number of anilines is 2. The Morgan fingerprint density at radius 2 is 1.89 bits per heavy atom. The minimum Gasteiger partial charge on any atom is -0.496 e. The number of primary amides is 1. The van der Waals surface area contributed by atoms with Crippen LogP contribution in [0.4, 0.5) is 11.4 Å². The molecule has 0 aromatic heterocycles. The van der Waals surface area contributed by atoms with Crippen molar-refractivity contribution in [3.63, 3.8) is 0 Å². The molecule has 6 heteroatoms. The van der Waals surface area contributed by atoms with Crippen LogP contribution in [0.25, 0.3) is 0 Å². The highest BCUT2D eigenvalue weighted by Gasteiger charge is 2.18. The number of rotatable bonds is 7. The first-order valence-electron chi connectivity index (χ1n) is 9.19. The van der Waals surface area contributed by atoms with Gasteiger partial charge in [-0.15, -0.1) is 0 Å². The molecule has 3 N–H and O–H groups in total. The lowest BCUT2D eigenvalue weighted by atomic mass is 10.1. The zero-order chi connectivity index (χ0) is 19.2. The first-order valence-corrected chi connectivity index (χ1v) is 9.19. The molecule has 142 valence electrons. The lowest BCUT2D eigenvalue weighted by Gasteiger charge is -2.22. The van der Waals surface area contributed by atoms with Crippen LogP contribution in [-0.2, 0) is 11.2 Å². The van der Waals surface area contributed by atoms with Crippen molar-refractivity contribution in [3.05, 3.63) is 53.6 Å². The van der Waals surface area contributed by atoms with Gasteiger partial charge in [-0.2, -0.15) is 0 Å². The van der Waals surface area contributed by atoms with Gasteiger partial charge in [0.2, 0.25) is 11.8 Å². The van der Waals surface area contributed by atoms with Gasteiger partial charge in [0.25, 0.3) is 0 Å². The molecule has 0 radical (unpaired) electrons. The minimum atomic E-state index is -0.507. The van der Waals surface area contributed by atoms with E-state index in [0.29, 0.717) is 24.1 Å². The Labute approximate surface area is 159 Å². The second-order valence-corrected chi connectivity index (χ2v) is 6.65. The summed E-state index contributed by atoms with van der Waals surface area (Å²) in [5, 5.41) is 2.96. The molecule has 1 fully saturated rings. The first kappa shape index (κ1) is 18.8. The van der Waals surface area contributed by atoms with Crippen LogP contribution >= 0.6 is 0 Å². The van der Waals surface area contributed by atoms with Crippen molar-refractivity contribution in [1.29, 1.82) is 0 Å². The van der Waals surface area contributed by atoms with Crippen LogP contribution in [0.2, 0.25) is 0 Å². The zero-order valence-electron chi connectivity index (χ0n) is 15.5. The van der Waals surface area contributed by atoms with Gasteiger partial charge in [0.15, 0.2) is 0 Å². The lowest BCUT2D eigenvalue weighted by Crippen LogP contribution is -2.22. The van der Waals surface area contributed by atoms with E-state index in [-0.39, 0.29) is 5.91 Å². The number of nitrogens with zero attached hydrogens (tertiary/aromatic N) is 1. The molecule has 0 spiro atoms. The van der Waals surface area contributed by atoms with E-state index in [9.17, 15) is 9.59 Å². The Bertz CT molecular complexity index is 829. The molecule has 1 aliphatic rings. The van der Waals surface area contributed by atoms with Crippen molar-refractivity contribution in [2.75, 3.05) is 30.4 Å². The summed E-state index contributed by atoms with van der Waals surface area (Å²) in [5.41, 5.74) is 8.35. The second-order valence-electron chi connectivity index (χ2n) is 6.65. The van der Waals surface area contributed by atoms with Crippen LogP contribution in [0, 0.1) is 0 Å². The molecule has 0 aliphatic carbocycles. The van der Waals surface area contributed by atoms with Gasteiger partial charge < -0.3 is 20.7 Å². The number of carbonyl (C=O) groups excluding carboxylic acids is 2. The Balaban J connectivity index is 1.73. The third-order valence-corrected chi connectivity index (χ3v) is 4.82. The number of hydrogen-bond acceptors (Lipinski definition) is 4. The van der Waals surface area contributed by atoms with E-state index in [2.05, 4.69) is 10.2 Å². The van der Waals surface area contributed by atoms with Gasteiger partial charge in [0.05, 0.1) is 18.5 Å². The van der Waals surface area contributed by atoms with Crippen LogP contribution in [0.5, 0.6) is 5.75 Å². The molecule has 2 aromatic carbocycles. The van der Waals surface area contributed by atoms with Crippen LogP contribution in [-0.4, -0.2) is 32.0 Å². The van der Waals surface area contributed by atoms with Crippen molar-refractivity contribution >= 4 is 23.2 Å². The van der Waals surface area contributed by atoms with Crippen LogP contribution in [0.3, 0.4) is 0 Å². The Kier molecular flexibility index (Phi) is 5.96. The summed E-state index contributed by atoms with van der Waals surface area (Å²) in [5.74, 6) is 0.161. The van der Waals surface area contributed by atoms with E-state index in [4.69, 9.17) is 10.5 Å². The number of benzene rings is 2. The van der Waals surface area contributed by atoms with Gasteiger partial charge in [0.1, 0.15) is 5.75 Å². The number of para-hydroxylation sites is 1. The number of methoxy groups -OCH3 is 1. The number of amides is 2. The summed E-state index contributed by atoms with van der Waals surface area (Å²) >= 11 is 0. The zero-order valence-corrected chi connectivity index (χ0v) is 15.5. The first-order chi connectivity index (χ1) is 13.1. The van der Waals surface area contributed by atoms with Crippen molar-refractivity contribution in [1.82, 2.24) is 0 Å². The maximum absolute atomic E-state index is 12.5. The molecule has 2 amide bonds. The van der Waals surface area contributed by atoms with Gasteiger partial charge in [0, 0.05) is 25.1 Å². The highest BCUT2D eigenvalue weighted by Crippen LogP contribution is 2.30. The van der Waals surface area contributed by atoms with E-state index in [1.807, 2.05) is 30.3 Å². The monoisotopic (exact) mass is 367 g/mol. The quantitative estimate of drug-likeness (QED) is 0.788. The third-order valence-electron chi connectivity index (χ3n) is 4.82. The summed E-state index contributed by atoms with van der Waals surface area (Å²) in [6.45, 7) is 1.89. The Morgan fingerprint density at radius 3 is 2.59 bits per heavy atom. The summed E-state index contributed by atoms with van der Waals surface area (Å²) < 4.78 is 5.33. The van der Waals surface area contributed by atoms with Crippen LogP contribution < -0.4 is 20.7 Å². The predicted molar refractivity (Wildman–Crippen MR) is 106 cm³/mol. The molecule has 1 aliphatic heterocycles. The average molecular weight is 367 g/mol. The molecule has 1 saturated heterocycles. The van der Waals surface area contributed by atoms with Gasteiger partial charge in [-0.25, -0.2) is 0 Å². The summed E-state index contributed by atoms with van der Waals surface area (Å²) in [4.78, 5) is 26.3. The minimum absolute atomic E-state index is 0.108. The number of ether oxygens (including phenoxy) is 1. The van der Waals surface area contributed by atoms with Gasteiger partial charge in [-0.05, 0) is 49.1 Å². The molecule has 27 heavy (non-hydrogen) atoms. The van der Waals surface area contributed by atoms with Crippen molar-refractivity contribution in [2.24, 2.45) is 5.73 Å². The number of nitrogens with one attached hydrogen (secondary N) is 1. The lowest BCUT2D eigenvalue weighted by molar-refractivity contribution is -0.116. The molecule has 6 nitrogen and oxygen atoms in total. The molecule has 0 saturated carbocycles. The van der Waals surface area contributed by atoms with Crippen LogP contribution in [0.1, 0.15) is 35.2 Å². The fraction of sp³-hybridized carbons (Fsp3) is 0.333. The molecule has 1 heterocycles. The summed E-state index contributed by atoms with van der Waals surface area (Å²) in [6.07, 6.45) is 3.14. The largest absolute Gasteiger partial charge is 0.496 e. The van der Waals surface area contributed by atoms with Crippen molar-refractivity contribution in [3.8, 4) is 5.75 Å². The average Bonchev–Trinajstić information content (AvgIpc) is 3.21. The molecular formula is C21H25N3O3. The smallest absolute Gasteiger partial charge is 0.248 e.